The Morgan fingerprint density at radius 1 is 1.03 bits per heavy atom. The van der Waals surface area contributed by atoms with Gasteiger partial charge in [-0.2, -0.15) is 0 Å². The summed E-state index contributed by atoms with van der Waals surface area (Å²) in [7, 11) is 1.44. The molecule has 1 heterocycles. The van der Waals surface area contributed by atoms with Crippen LogP contribution in [0.25, 0.3) is 0 Å². The number of esters is 1. The van der Waals surface area contributed by atoms with Gasteiger partial charge < -0.3 is 14.8 Å². The van der Waals surface area contributed by atoms with Gasteiger partial charge in [0.25, 0.3) is 17.7 Å². The Balaban J connectivity index is 1.73. The summed E-state index contributed by atoms with van der Waals surface area (Å²) in [6.45, 7) is 2.13. The minimum absolute atomic E-state index is 0.0272. The SMILES string of the molecule is CCOC(=O)CCNC(=O)c1cc(CN2C(=O)c3ccccc3C2=O)ccc1OC. The molecule has 0 aliphatic carbocycles. The molecular weight excluding hydrogens is 388 g/mol. The van der Waals surface area contributed by atoms with Crippen molar-refractivity contribution < 1.29 is 28.7 Å². The first-order valence-corrected chi connectivity index (χ1v) is 9.52. The first-order valence-electron chi connectivity index (χ1n) is 9.52. The monoisotopic (exact) mass is 410 g/mol. The van der Waals surface area contributed by atoms with Crippen molar-refractivity contribution in [1.29, 1.82) is 0 Å². The molecule has 1 aliphatic heterocycles. The van der Waals surface area contributed by atoms with E-state index in [1.165, 1.54) is 7.11 Å². The largest absolute Gasteiger partial charge is 0.496 e. The fraction of sp³-hybridized carbons (Fsp3) is 0.273. The number of imide groups is 1. The van der Waals surface area contributed by atoms with E-state index in [1.807, 2.05) is 0 Å². The van der Waals surface area contributed by atoms with Crippen molar-refractivity contribution >= 4 is 23.7 Å². The highest BCUT2D eigenvalue weighted by Gasteiger charge is 2.35. The molecule has 8 heteroatoms. The van der Waals surface area contributed by atoms with Gasteiger partial charge in [-0.1, -0.05) is 18.2 Å². The molecule has 30 heavy (non-hydrogen) atoms. The second kappa shape index (κ2) is 9.21. The normalized spacial score (nSPS) is 12.5. The molecule has 8 nitrogen and oxygen atoms in total. The van der Waals surface area contributed by atoms with Crippen molar-refractivity contribution in [3.63, 3.8) is 0 Å². The number of rotatable bonds is 8. The minimum Gasteiger partial charge on any atom is -0.496 e. The van der Waals surface area contributed by atoms with Crippen LogP contribution in [0.1, 0.15) is 50.0 Å². The number of carbonyl (C=O) groups excluding carboxylic acids is 4. The zero-order valence-corrected chi connectivity index (χ0v) is 16.8. The first kappa shape index (κ1) is 21.0. The number of nitrogens with zero attached hydrogens (tertiary/aromatic N) is 1. The lowest BCUT2D eigenvalue weighted by Crippen LogP contribution is -2.30. The zero-order chi connectivity index (χ0) is 21.7. The van der Waals surface area contributed by atoms with Crippen LogP contribution in [0.2, 0.25) is 0 Å². The molecule has 2 aromatic rings. The van der Waals surface area contributed by atoms with Gasteiger partial charge >= 0.3 is 5.97 Å². The highest BCUT2D eigenvalue weighted by molar-refractivity contribution is 6.21. The summed E-state index contributed by atoms with van der Waals surface area (Å²) < 4.78 is 10.1. The molecule has 0 saturated heterocycles. The highest BCUT2D eigenvalue weighted by atomic mass is 16.5. The van der Waals surface area contributed by atoms with Crippen molar-refractivity contribution in [1.82, 2.24) is 10.2 Å². The van der Waals surface area contributed by atoms with Crippen LogP contribution in [0.5, 0.6) is 5.75 Å². The van der Waals surface area contributed by atoms with Crippen LogP contribution < -0.4 is 10.1 Å². The van der Waals surface area contributed by atoms with E-state index in [-0.39, 0.29) is 43.5 Å². The fourth-order valence-corrected chi connectivity index (χ4v) is 3.20. The van der Waals surface area contributed by atoms with Gasteiger partial charge in [-0.05, 0) is 36.8 Å². The van der Waals surface area contributed by atoms with Crippen molar-refractivity contribution in [2.45, 2.75) is 19.9 Å². The zero-order valence-electron chi connectivity index (χ0n) is 16.8. The van der Waals surface area contributed by atoms with Gasteiger partial charge in [-0.15, -0.1) is 0 Å². The Morgan fingerprint density at radius 3 is 2.30 bits per heavy atom. The Hall–Kier alpha value is -3.68. The van der Waals surface area contributed by atoms with E-state index in [2.05, 4.69) is 5.32 Å². The van der Waals surface area contributed by atoms with E-state index in [1.54, 1.807) is 49.4 Å². The lowest BCUT2D eigenvalue weighted by molar-refractivity contribution is -0.142. The predicted octanol–water partition coefficient (Wildman–Crippen LogP) is 2.17. The number of benzene rings is 2. The van der Waals surface area contributed by atoms with Crippen LogP contribution in [0, 0.1) is 0 Å². The van der Waals surface area contributed by atoms with Crippen LogP contribution in [0.4, 0.5) is 0 Å². The third kappa shape index (κ3) is 4.32. The third-order valence-electron chi connectivity index (χ3n) is 4.65. The molecule has 0 unspecified atom stereocenters. The second-order valence-electron chi connectivity index (χ2n) is 6.59. The van der Waals surface area contributed by atoms with Gasteiger partial charge in [-0.3, -0.25) is 24.1 Å². The maximum Gasteiger partial charge on any atom is 0.307 e. The van der Waals surface area contributed by atoms with Crippen LogP contribution in [-0.4, -0.2) is 48.9 Å². The van der Waals surface area contributed by atoms with Gasteiger partial charge in [-0.25, -0.2) is 0 Å². The summed E-state index contributed by atoms with van der Waals surface area (Å²) in [5.74, 6) is -1.22. The molecule has 3 rings (SSSR count). The standard InChI is InChI=1S/C22H22N2O6/c1-3-30-19(25)10-11-23-20(26)17-12-14(8-9-18(17)29-2)13-24-21(27)15-6-4-5-7-16(15)22(24)28/h4-9,12H,3,10-11,13H2,1-2H3,(H,23,26). The molecule has 0 spiro atoms. The van der Waals surface area contributed by atoms with E-state index in [0.29, 0.717) is 22.4 Å². The summed E-state index contributed by atoms with van der Waals surface area (Å²) in [6, 6.07) is 11.5. The predicted molar refractivity (Wildman–Crippen MR) is 107 cm³/mol. The van der Waals surface area contributed by atoms with Crippen molar-refractivity contribution in [2.75, 3.05) is 20.3 Å². The number of ether oxygens (including phenoxy) is 2. The van der Waals surface area contributed by atoms with Crippen LogP contribution in [0.3, 0.4) is 0 Å². The van der Waals surface area contributed by atoms with Crippen molar-refractivity contribution in [3.05, 3.63) is 64.7 Å². The van der Waals surface area contributed by atoms with Gasteiger partial charge in [0.2, 0.25) is 0 Å². The van der Waals surface area contributed by atoms with Gasteiger partial charge in [0.15, 0.2) is 0 Å². The summed E-state index contributed by atoms with van der Waals surface area (Å²) in [5, 5.41) is 2.65. The van der Waals surface area contributed by atoms with Crippen LogP contribution in [0.15, 0.2) is 42.5 Å². The lowest BCUT2D eigenvalue weighted by atomic mass is 10.1. The summed E-state index contributed by atoms with van der Waals surface area (Å²) in [5.41, 5.74) is 1.58. The molecule has 1 aliphatic rings. The molecule has 156 valence electrons. The van der Waals surface area contributed by atoms with E-state index in [0.717, 1.165) is 4.90 Å². The molecule has 1 N–H and O–H groups in total. The molecule has 0 bridgehead atoms. The number of fused-ring (bicyclic) bond motifs is 1. The maximum absolute atomic E-state index is 12.6. The maximum atomic E-state index is 12.6. The Labute approximate surface area is 173 Å². The highest BCUT2D eigenvalue weighted by Crippen LogP contribution is 2.26. The smallest absolute Gasteiger partial charge is 0.307 e. The number of nitrogens with one attached hydrogen (secondary N) is 1. The van der Waals surface area contributed by atoms with Crippen molar-refractivity contribution in [2.24, 2.45) is 0 Å². The van der Waals surface area contributed by atoms with Gasteiger partial charge in [0.1, 0.15) is 5.75 Å². The Kier molecular flexibility index (Phi) is 6.46. The average Bonchev–Trinajstić information content (AvgIpc) is 2.99. The summed E-state index contributed by atoms with van der Waals surface area (Å²) in [4.78, 5) is 50.3. The van der Waals surface area contributed by atoms with Crippen LogP contribution >= 0.6 is 0 Å². The second-order valence-corrected chi connectivity index (χ2v) is 6.59. The molecule has 0 aromatic heterocycles. The molecule has 0 fully saturated rings. The number of carbonyl (C=O) groups is 4. The average molecular weight is 410 g/mol. The van der Waals surface area contributed by atoms with E-state index >= 15 is 0 Å². The third-order valence-corrected chi connectivity index (χ3v) is 4.65. The number of methoxy groups -OCH3 is 1. The quantitative estimate of drug-likeness (QED) is 0.529. The topological polar surface area (TPSA) is 102 Å². The number of amides is 3. The fourth-order valence-electron chi connectivity index (χ4n) is 3.20. The molecule has 0 radical (unpaired) electrons. The summed E-state index contributed by atoms with van der Waals surface area (Å²) in [6.07, 6.45) is 0.0522. The van der Waals surface area contributed by atoms with Crippen LogP contribution in [-0.2, 0) is 16.1 Å². The van der Waals surface area contributed by atoms with E-state index in [9.17, 15) is 19.2 Å². The van der Waals surface area contributed by atoms with E-state index < -0.39 is 11.9 Å². The summed E-state index contributed by atoms with van der Waals surface area (Å²) >= 11 is 0. The number of hydrogen-bond acceptors (Lipinski definition) is 6. The Morgan fingerprint density at radius 2 is 1.70 bits per heavy atom. The van der Waals surface area contributed by atoms with Crippen molar-refractivity contribution in [3.8, 4) is 5.75 Å². The molecule has 0 saturated carbocycles. The Bertz CT molecular complexity index is 966. The van der Waals surface area contributed by atoms with Gasteiger partial charge in [0, 0.05) is 6.54 Å². The number of hydrogen-bond donors (Lipinski definition) is 1. The van der Waals surface area contributed by atoms with Gasteiger partial charge in [0.05, 0.1) is 43.4 Å². The molecule has 0 atom stereocenters. The van der Waals surface area contributed by atoms with E-state index in [4.69, 9.17) is 9.47 Å². The minimum atomic E-state index is -0.430. The first-order chi connectivity index (χ1) is 14.5. The molecular formula is C22H22N2O6. The molecule has 2 aromatic carbocycles. The molecule has 3 amide bonds. The lowest BCUT2D eigenvalue weighted by Gasteiger charge is -2.16.